The van der Waals surface area contributed by atoms with Gasteiger partial charge in [-0.3, -0.25) is 9.59 Å². The number of benzene rings is 1. The minimum Gasteiger partial charge on any atom is -0.481 e. The molecular formula is C19H26N2O5S. The highest BCUT2D eigenvalue weighted by atomic mass is 32.2. The molecule has 2 aliphatic rings. The Bertz CT molecular complexity index is 773. The lowest BCUT2D eigenvalue weighted by molar-refractivity contribution is -0.147. The zero-order chi connectivity index (χ0) is 19.4. The lowest BCUT2D eigenvalue weighted by Gasteiger charge is -2.36. The molecule has 1 unspecified atom stereocenters. The van der Waals surface area contributed by atoms with Crippen LogP contribution in [0.4, 0.5) is 0 Å². The van der Waals surface area contributed by atoms with Gasteiger partial charge in [0, 0.05) is 26.2 Å². The number of hydrogen-bond acceptors (Lipinski definition) is 4. The van der Waals surface area contributed by atoms with E-state index in [0.717, 1.165) is 5.56 Å². The lowest BCUT2D eigenvalue weighted by Crippen LogP contribution is -2.49. The third-order valence-corrected chi connectivity index (χ3v) is 7.29. The molecule has 27 heavy (non-hydrogen) atoms. The summed E-state index contributed by atoms with van der Waals surface area (Å²) in [6, 6.07) is 9.05. The molecule has 0 aromatic heterocycles. The Hall–Kier alpha value is -1.93. The van der Waals surface area contributed by atoms with E-state index in [1.165, 1.54) is 4.31 Å². The van der Waals surface area contributed by atoms with Gasteiger partial charge in [-0.25, -0.2) is 12.7 Å². The average Bonchev–Trinajstić information content (AvgIpc) is 2.68. The van der Waals surface area contributed by atoms with Crippen molar-refractivity contribution in [1.29, 1.82) is 0 Å². The van der Waals surface area contributed by atoms with Crippen molar-refractivity contribution in [1.82, 2.24) is 9.21 Å². The minimum absolute atomic E-state index is 0.0431. The molecule has 1 amide bonds. The lowest BCUT2D eigenvalue weighted by atomic mass is 9.93. The van der Waals surface area contributed by atoms with Gasteiger partial charge in [-0.15, -0.1) is 0 Å². The first kappa shape index (κ1) is 19.8. The molecule has 2 fully saturated rings. The van der Waals surface area contributed by atoms with Crippen molar-refractivity contribution in [3.63, 3.8) is 0 Å². The van der Waals surface area contributed by atoms with E-state index in [9.17, 15) is 18.0 Å². The van der Waals surface area contributed by atoms with Gasteiger partial charge < -0.3 is 10.0 Å². The second kappa shape index (κ2) is 8.39. The maximum Gasteiger partial charge on any atom is 0.306 e. The van der Waals surface area contributed by atoms with Crippen LogP contribution in [0.25, 0.3) is 0 Å². The van der Waals surface area contributed by atoms with Crippen LogP contribution in [0.15, 0.2) is 30.3 Å². The summed E-state index contributed by atoms with van der Waals surface area (Å²) in [5.74, 6) is -1.64. The van der Waals surface area contributed by atoms with Crippen molar-refractivity contribution >= 4 is 21.9 Å². The first-order chi connectivity index (χ1) is 12.9. The summed E-state index contributed by atoms with van der Waals surface area (Å²) < 4.78 is 26.9. The summed E-state index contributed by atoms with van der Waals surface area (Å²) in [4.78, 5) is 25.6. The minimum atomic E-state index is -3.47. The van der Waals surface area contributed by atoms with Crippen molar-refractivity contribution < 1.29 is 23.1 Å². The number of amides is 1. The molecule has 2 saturated heterocycles. The Morgan fingerprint density at radius 2 is 1.67 bits per heavy atom. The summed E-state index contributed by atoms with van der Waals surface area (Å²) in [6.45, 7) is 1.53. The van der Waals surface area contributed by atoms with Crippen LogP contribution in [-0.2, 0) is 25.4 Å². The van der Waals surface area contributed by atoms with E-state index in [0.29, 0.717) is 45.3 Å². The van der Waals surface area contributed by atoms with E-state index < -0.39 is 16.0 Å². The van der Waals surface area contributed by atoms with Crippen molar-refractivity contribution in [2.24, 2.45) is 11.8 Å². The first-order valence-corrected chi connectivity index (χ1v) is 11.0. The standard InChI is InChI=1S/C19H26N2O5S/c22-18(20-11-8-16(9-12-20)19(23)24)17-7-4-10-21(13-17)27(25,26)14-15-5-2-1-3-6-15/h1-3,5-6,16-17H,4,7-14H2,(H,23,24). The van der Waals surface area contributed by atoms with Crippen molar-refractivity contribution in [3.05, 3.63) is 35.9 Å². The van der Waals surface area contributed by atoms with Gasteiger partial charge in [0.2, 0.25) is 15.9 Å². The number of carboxylic acids is 1. The van der Waals surface area contributed by atoms with Gasteiger partial charge in [0.05, 0.1) is 17.6 Å². The smallest absolute Gasteiger partial charge is 0.306 e. The summed E-state index contributed by atoms with van der Waals surface area (Å²) in [6.07, 6.45) is 2.26. The molecule has 148 valence electrons. The summed E-state index contributed by atoms with van der Waals surface area (Å²) in [5, 5.41) is 9.08. The van der Waals surface area contributed by atoms with E-state index in [2.05, 4.69) is 0 Å². The highest BCUT2D eigenvalue weighted by molar-refractivity contribution is 7.88. The van der Waals surface area contributed by atoms with E-state index in [1.54, 1.807) is 17.0 Å². The molecule has 7 nitrogen and oxygen atoms in total. The normalized spacial score (nSPS) is 22.5. The molecule has 3 rings (SSSR count). The molecule has 1 atom stereocenters. The average molecular weight is 394 g/mol. The van der Waals surface area contributed by atoms with Gasteiger partial charge in [-0.1, -0.05) is 30.3 Å². The fraction of sp³-hybridized carbons (Fsp3) is 0.579. The third kappa shape index (κ3) is 4.87. The van der Waals surface area contributed by atoms with Crippen LogP contribution in [0.1, 0.15) is 31.2 Å². The second-order valence-corrected chi connectivity index (χ2v) is 9.35. The molecule has 0 radical (unpaired) electrons. The number of carboxylic acid groups (broad SMARTS) is 1. The van der Waals surface area contributed by atoms with Gasteiger partial charge in [0.1, 0.15) is 0 Å². The van der Waals surface area contributed by atoms with E-state index in [-0.39, 0.29) is 30.0 Å². The largest absolute Gasteiger partial charge is 0.481 e. The molecule has 0 bridgehead atoms. The maximum atomic E-state index is 12.8. The number of likely N-dealkylation sites (tertiary alicyclic amines) is 1. The molecule has 1 aromatic rings. The predicted octanol–water partition coefficient (Wildman–Crippen LogP) is 1.55. The number of sulfonamides is 1. The quantitative estimate of drug-likeness (QED) is 0.818. The molecule has 0 saturated carbocycles. The maximum absolute atomic E-state index is 12.8. The predicted molar refractivity (Wildman–Crippen MR) is 100 cm³/mol. The number of carbonyl (C=O) groups excluding carboxylic acids is 1. The Labute approximate surface area is 160 Å². The molecule has 8 heteroatoms. The number of hydrogen-bond donors (Lipinski definition) is 1. The monoisotopic (exact) mass is 394 g/mol. The number of aliphatic carboxylic acids is 1. The van der Waals surface area contributed by atoms with Gasteiger partial charge in [-0.05, 0) is 31.2 Å². The number of carbonyl (C=O) groups is 2. The zero-order valence-electron chi connectivity index (χ0n) is 15.3. The molecule has 0 aliphatic carbocycles. The van der Waals surface area contributed by atoms with Crippen LogP contribution >= 0.6 is 0 Å². The van der Waals surface area contributed by atoms with Crippen molar-refractivity contribution in [3.8, 4) is 0 Å². The van der Waals surface area contributed by atoms with Crippen LogP contribution in [0.5, 0.6) is 0 Å². The highest BCUT2D eigenvalue weighted by Crippen LogP contribution is 2.25. The number of rotatable bonds is 5. The van der Waals surface area contributed by atoms with Crippen molar-refractivity contribution in [2.75, 3.05) is 26.2 Å². The van der Waals surface area contributed by atoms with Crippen molar-refractivity contribution in [2.45, 2.75) is 31.4 Å². The third-order valence-electron chi connectivity index (χ3n) is 5.47. The SMILES string of the molecule is O=C(O)C1CCN(C(=O)C2CCCN(S(=O)(=O)Cc3ccccc3)C2)CC1. The van der Waals surface area contributed by atoms with Gasteiger partial charge in [0.15, 0.2) is 0 Å². The molecule has 2 aliphatic heterocycles. The van der Waals surface area contributed by atoms with Gasteiger partial charge in [-0.2, -0.15) is 0 Å². The summed E-state index contributed by atoms with van der Waals surface area (Å²) >= 11 is 0. The molecular weight excluding hydrogens is 368 g/mol. The molecule has 1 aromatic carbocycles. The van der Waals surface area contributed by atoms with Gasteiger partial charge >= 0.3 is 5.97 Å². The van der Waals surface area contributed by atoms with Crippen LogP contribution in [0.2, 0.25) is 0 Å². The summed E-state index contributed by atoms with van der Waals surface area (Å²) in [7, 11) is -3.47. The van der Waals surface area contributed by atoms with Crippen LogP contribution in [0.3, 0.4) is 0 Å². The molecule has 2 heterocycles. The Kier molecular flexibility index (Phi) is 6.16. The molecule has 0 spiro atoms. The van der Waals surface area contributed by atoms with Crippen LogP contribution in [0, 0.1) is 11.8 Å². The first-order valence-electron chi connectivity index (χ1n) is 9.40. The van der Waals surface area contributed by atoms with E-state index in [4.69, 9.17) is 5.11 Å². The van der Waals surface area contributed by atoms with Crippen LogP contribution < -0.4 is 0 Å². The number of nitrogens with zero attached hydrogens (tertiary/aromatic N) is 2. The zero-order valence-corrected chi connectivity index (χ0v) is 16.1. The molecule has 1 N–H and O–H groups in total. The Morgan fingerprint density at radius 3 is 2.30 bits per heavy atom. The fourth-order valence-electron chi connectivity index (χ4n) is 3.88. The topological polar surface area (TPSA) is 95.0 Å². The van der Waals surface area contributed by atoms with Crippen LogP contribution in [-0.4, -0.2) is 60.8 Å². The van der Waals surface area contributed by atoms with Gasteiger partial charge in [0.25, 0.3) is 0 Å². The Morgan fingerprint density at radius 1 is 1.00 bits per heavy atom. The van der Waals surface area contributed by atoms with E-state index in [1.807, 2.05) is 18.2 Å². The van der Waals surface area contributed by atoms with E-state index >= 15 is 0 Å². The summed E-state index contributed by atoms with van der Waals surface area (Å²) in [5.41, 5.74) is 0.738. The fourth-order valence-corrected chi connectivity index (χ4v) is 5.49. The second-order valence-electron chi connectivity index (χ2n) is 7.38. The number of piperidine rings is 2. The highest BCUT2D eigenvalue weighted by Gasteiger charge is 2.36. The Balaban J connectivity index is 1.60.